The largest absolute Gasteiger partial charge is 0.331 e. The molecule has 1 aliphatic heterocycles. The van der Waals surface area contributed by atoms with Crippen LogP contribution in [0.5, 0.6) is 0 Å². The van der Waals surface area contributed by atoms with E-state index in [9.17, 15) is 9.18 Å². The Balaban J connectivity index is 1.55. The van der Waals surface area contributed by atoms with Crippen molar-refractivity contribution < 1.29 is 9.18 Å². The fourth-order valence-corrected chi connectivity index (χ4v) is 2.79. The zero-order chi connectivity index (χ0) is 16.5. The van der Waals surface area contributed by atoms with Gasteiger partial charge in [0.25, 0.3) is 11.7 Å². The Hall–Kier alpha value is -3.09. The van der Waals surface area contributed by atoms with Crippen molar-refractivity contribution in [2.75, 3.05) is 6.54 Å². The second-order valence-corrected chi connectivity index (χ2v) is 5.62. The molecule has 1 amide bonds. The molecule has 0 saturated carbocycles. The SMILES string of the molecule is O=C(c1nnn(-c2ccc(F)cc2)n1)N1CCc2ccccc2C1. The first-order valence-electron chi connectivity index (χ1n) is 7.63. The van der Waals surface area contributed by atoms with Gasteiger partial charge in [-0.1, -0.05) is 24.3 Å². The van der Waals surface area contributed by atoms with Crippen LogP contribution in [0.3, 0.4) is 0 Å². The quantitative estimate of drug-likeness (QED) is 0.723. The monoisotopic (exact) mass is 323 g/mol. The van der Waals surface area contributed by atoms with E-state index in [0.717, 1.165) is 12.0 Å². The minimum atomic E-state index is -0.345. The molecule has 0 bridgehead atoms. The number of hydrogen-bond acceptors (Lipinski definition) is 4. The van der Waals surface area contributed by atoms with E-state index in [0.29, 0.717) is 18.8 Å². The molecule has 0 fully saturated rings. The maximum Gasteiger partial charge on any atom is 0.295 e. The molecule has 0 atom stereocenters. The number of rotatable bonds is 2. The van der Waals surface area contributed by atoms with Gasteiger partial charge in [-0.2, -0.15) is 0 Å². The van der Waals surface area contributed by atoms with Crippen LogP contribution in [0.15, 0.2) is 48.5 Å². The lowest BCUT2D eigenvalue weighted by Gasteiger charge is -2.27. The van der Waals surface area contributed by atoms with Crippen molar-refractivity contribution in [3.05, 3.63) is 71.3 Å². The zero-order valence-corrected chi connectivity index (χ0v) is 12.8. The first-order valence-corrected chi connectivity index (χ1v) is 7.63. The summed E-state index contributed by atoms with van der Waals surface area (Å²) in [6.45, 7) is 1.17. The lowest BCUT2D eigenvalue weighted by molar-refractivity contribution is 0.0722. The number of carbonyl (C=O) groups is 1. The van der Waals surface area contributed by atoms with E-state index in [1.165, 1.54) is 34.6 Å². The molecule has 0 spiro atoms. The smallest absolute Gasteiger partial charge is 0.295 e. The predicted molar refractivity (Wildman–Crippen MR) is 84.0 cm³/mol. The fraction of sp³-hybridized carbons (Fsp3) is 0.176. The third-order valence-corrected chi connectivity index (χ3v) is 4.08. The highest BCUT2D eigenvalue weighted by molar-refractivity contribution is 5.90. The molecule has 2 heterocycles. The highest BCUT2D eigenvalue weighted by atomic mass is 19.1. The van der Waals surface area contributed by atoms with Crippen LogP contribution < -0.4 is 0 Å². The second kappa shape index (κ2) is 5.84. The van der Waals surface area contributed by atoms with Gasteiger partial charge in [0.15, 0.2) is 0 Å². The predicted octanol–water partition coefficient (Wildman–Crippen LogP) is 2.00. The molecule has 2 aromatic carbocycles. The third-order valence-electron chi connectivity index (χ3n) is 4.08. The Bertz CT molecular complexity index is 890. The Morgan fingerprint density at radius 3 is 2.58 bits per heavy atom. The molecule has 120 valence electrons. The molecular formula is C17H14FN5O. The van der Waals surface area contributed by atoms with Crippen LogP contribution in [0.4, 0.5) is 4.39 Å². The van der Waals surface area contributed by atoms with Crippen molar-refractivity contribution in [1.82, 2.24) is 25.1 Å². The Labute approximate surface area is 137 Å². The number of fused-ring (bicyclic) bond motifs is 1. The number of amides is 1. The summed E-state index contributed by atoms with van der Waals surface area (Å²) in [7, 11) is 0. The number of aromatic nitrogens is 4. The van der Waals surface area contributed by atoms with Gasteiger partial charge in [-0.05, 0) is 47.0 Å². The van der Waals surface area contributed by atoms with Crippen LogP contribution in [0.1, 0.15) is 21.7 Å². The van der Waals surface area contributed by atoms with Crippen molar-refractivity contribution in [2.24, 2.45) is 0 Å². The normalized spacial score (nSPS) is 13.6. The summed E-state index contributed by atoms with van der Waals surface area (Å²) in [5, 5.41) is 11.8. The molecule has 0 radical (unpaired) electrons. The summed E-state index contributed by atoms with van der Waals surface area (Å²) in [5.74, 6) is -0.557. The van der Waals surface area contributed by atoms with Gasteiger partial charge in [0, 0.05) is 13.1 Å². The molecule has 0 saturated heterocycles. The van der Waals surface area contributed by atoms with Crippen LogP contribution in [0.2, 0.25) is 0 Å². The number of halogens is 1. The maximum atomic E-state index is 13.0. The number of hydrogen-bond donors (Lipinski definition) is 0. The van der Waals surface area contributed by atoms with Crippen molar-refractivity contribution in [1.29, 1.82) is 0 Å². The average molecular weight is 323 g/mol. The second-order valence-electron chi connectivity index (χ2n) is 5.62. The highest BCUT2D eigenvalue weighted by Crippen LogP contribution is 2.19. The first-order chi connectivity index (χ1) is 11.7. The summed E-state index contributed by atoms with van der Waals surface area (Å²) in [6, 6.07) is 13.8. The molecule has 1 aliphatic rings. The summed E-state index contributed by atoms with van der Waals surface area (Å²) in [6.07, 6.45) is 0.814. The van der Waals surface area contributed by atoms with Crippen LogP contribution in [-0.2, 0) is 13.0 Å². The van der Waals surface area contributed by atoms with E-state index >= 15 is 0 Å². The van der Waals surface area contributed by atoms with Crippen LogP contribution >= 0.6 is 0 Å². The lowest BCUT2D eigenvalue weighted by Crippen LogP contribution is -2.36. The van der Waals surface area contributed by atoms with Gasteiger partial charge in [-0.25, -0.2) is 4.39 Å². The lowest BCUT2D eigenvalue weighted by atomic mass is 10.00. The molecule has 6 nitrogen and oxygen atoms in total. The fourth-order valence-electron chi connectivity index (χ4n) is 2.79. The molecule has 0 N–H and O–H groups in total. The summed E-state index contributed by atoms with van der Waals surface area (Å²) < 4.78 is 13.0. The van der Waals surface area contributed by atoms with Gasteiger partial charge in [0.05, 0.1) is 5.69 Å². The minimum Gasteiger partial charge on any atom is -0.331 e. The van der Waals surface area contributed by atoms with Crippen LogP contribution in [0, 0.1) is 5.82 Å². The molecule has 1 aromatic heterocycles. The van der Waals surface area contributed by atoms with Crippen LogP contribution in [-0.4, -0.2) is 37.6 Å². The van der Waals surface area contributed by atoms with Crippen molar-refractivity contribution in [3.63, 3.8) is 0 Å². The molecule has 0 aliphatic carbocycles. The van der Waals surface area contributed by atoms with Crippen molar-refractivity contribution in [3.8, 4) is 5.69 Å². The van der Waals surface area contributed by atoms with Crippen molar-refractivity contribution >= 4 is 5.91 Å². The van der Waals surface area contributed by atoms with Gasteiger partial charge >= 0.3 is 0 Å². The Morgan fingerprint density at radius 1 is 1.04 bits per heavy atom. The number of benzene rings is 2. The van der Waals surface area contributed by atoms with Crippen molar-refractivity contribution in [2.45, 2.75) is 13.0 Å². The van der Waals surface area contributed by atoms with E-state index in [1.54, 1.807) is 4.90 Å². The number of tetrazole rings is 1. The molecule has 3 aromatic rings. The van der Waals surface area contributed by atoms with Gasteiger partial charge in [0.1, 0.15) is 5.82 Å². The van der Waals surface area contributed by atoms with E-state index in [-0.39, 0.29) is 17.5 Å². The average Bonchev–Trinajstić information content (AvgIpc) is 3.11. The Kier molecular flexibility index (Phi) is 3.53. The van der Waals surface area contributed by atoms with Crippen LogP contribution in [0.25, 0.3) is 5.69 Å². The van der Waals surface area contributed by atoms with Gasteiger partial charge < -0.3 is 4.90 Å². The molecule has 24 heavy (non-hydrogen) atoms. The van der Waals surface area contributed by atoms with Gasteiger partial charge in [-0.3, -0.25) is 4.79 Å². The molecule has 4 rings (SSSR count). The minimum absolute atomic E-state index is 0.0405. The molecule has 7 heteroatoms. The summed E-state index contributed by atoms with van der Waals surface area (Å²) in [5.41, 5.74) is 2.96. The number of carbonyl (C=O) groups excluding carboxylic acids is 1. The summed E-state index contributed by atoms with van der Waals surface area (Å²) in [4.78, 5) is 15.5. The topological polar surface area (TPSA) is 63.9 Å². The van der Waals surface area contributed by atoms with E-state index in [4.69, 9.17) is 0 Å². The Morgan fingerprint density at radius 2 is 1.79 bits per heavy atom. The van der Waals surface area contributed by atoms with E-state index < -0.39 is 0 Å². The number of nitrogens with zero attached hydrogens (tertiary/aromatic N) is 5. The first kappa shape index (κ1) is 14.5. The molecule has 0 unspecified atom stereocenters. The maximum absolute atomic E-state index is 13.0. The summed E-state index contributed by atoms with van der Waals surface area (Å²) >= 11 is 0. The molecular weight excluding hydrogens is 309 g/mol. The zero-order valence-electron chi connectivity index (χ0n) is 12.8. The third kappa shape index (κ3) is 2.64. The van der Waals surface area contributed by atoms with E-state index in [2.05, 4.69) is 21.5 Å². The van der Waals surface area contributed by atoms with Gasteiger partial charge in [-0.15, -0.1) is 15.0 Å². The van der Waals surface area contributed by atoms with E-state index in [1.807, 2.05) is 18.2 Å². The highest BCUT2D eigenvalue weighted by Gasteiger charge is 2.25. The van der Waals surface area contributed by atoms with Gasteiger partial charge in [0.2, 0.25) is 0 Å². The standard InChI is InChI=1S/C17H14FN5O/c18-14-5-7-15(8-6-14)23-20-16(19-21-23)17(24)22-10-9-12-3-1-2-4-13(12)11-22/h1-8H,9-11H2.